The molecule has 4 nitrogen and oxygen atoms in total. The number of carbonyl (C=O) groups is 1. The fraction of sp³-hybridized carbons (Fsp3) is 0.0714. The molecule has 0 saturated heterocycles. The van der Waals surface area contributed by atoms with Gasteiger partial charge in [-0.3, -0.25) is 0 Å². The summed E-state index contributed by atoms with van der Waals surface area (Å²) in [6.07, 6.45) is 0. The van der Waals surface area contributed by atoms with Crippen molar-refractivity contribution in [3.8, 4) is 22.6 Å². The number of aromatic carboxylic acids is 1. The van der Waals surface area contributed by atoms with Gasteiger partial charge in [-0.1, -0.05) is 18.2 Å². The van der Waals surface area contributed by atoms with Crippen molar-refractivity contribution >= 4 is 5.97 Å². The van der Waals surface area contributed by atoms with Gasteiger partial charge in [0.2, 0.25) is 0 Å². The summed E-state index contributed by atoms with van der Waals surface area (Å²) in [4.78, 5) is 11.1. The third-order valence-corrected chi connectivity index (χ3v) is 2.63. The van der Waals surface area contributed by atoms with Crippen molar-refractivity contribution in [3.05, 3.63) is 48.0 Å². The topological polar surface area (TPSA) is 66.8 Å². The van der Waals surface area contributed by atoms with Crippen molar-refractivity contribution in [2.45, 2.75) is 0 Å². The van der Waals surface area contributed by atoms with Crippen LogP contribution in [0.2, 0.25) is 0 Å². The third kappa shape index (κ3) is 2.27. The van der Waals surface area contributed by atoms with Crippen molar-refractivity contribution in [2.24, 2.45) is 0 Å². The Balaban J connectivity index is 2.49. The lowest BCUT2D eigenvalue weighted by Crippen LogP contribution is -2.00. The molecule has 0 spiro atoms. The summed E-state index contributed by atoms with van der Waals surface area (Å²) in [5.74, 6) is -0.539. The lowest BCUT2D eigenvalue weighted by Gasteiger charge is -2.08. The smallest absolute Gasteiger partial charge is 0.339 e. The minimum Gasteiger partial charge on any atom is -0.508 e. The highest BCUT2D eigenvalue weighted by Crippen LogP contribution is 2.27. The average Bonchev–Trinajstić information content (AvgIpc) is 2.39. The molecule has 0 aliphatic rings. The average molecular weight is 244 g/mol. The summed E-state index contributed by atoms with van der Waals surface area (Å²) in [6.45, 7) is 0. The Morgan fingerprint density at radius 1 is 1.06 bits per heavy atom. The SMILES string of the molecule is COc1ccc(-c2ccc(O)cc2)cc1C(=O)O. The Morgan fingerprint density at radius 2 is 1.67 bits per heavy atom. The number of aromatic hydroxyl groups is 1. The van der Waals surface area contributed by atoms with Gasteiger partial charge in [-0.25, -0.2) is 4.79 Å². The Labute approximate surface area is 104 Å². The minimum absolute atomic E-state index is 0.114. The van der Waals surface area contributed by atoms with E-state index in [1.54, 1.807) is 42.5 Å². The highest BCUT2D eigenvalue weighted by molar-refractivity contribution is 5.92. The number of phenols is 1. The number of ether oxygens (including phenoxy) is 1. The quantitative estimate of drug-likeness (QED) is 0.871. The lowest BCUT2D eigenvalue weighted by atomic mass is 10.0. The van der Waals surface area contributed by atoms with Crippen molar-refractivity contribution in [2.75, 3.05) is 7.11 Å². The van der Waals surface area contributed by atoms with Crippen LogP contribution in [0.4, 0.5) is 0 Å². The Bertz CT molecular complexity index is 573. The van der Waals surface area contributed by atoms with Crippen molar-refractivity contribution in [3.63, 3.8) is 0 Å². The zero-order valence-corrected chi connectivity index (χ0v) is 9.75. The molecule has 0 saturated carbocycles. The van der Waals surface area contributed by atoms with Crippen LogP contribution in [0.25, 0.3) is 11.1 Å². The van der Waals surface area contributed by atoms with Crippen LogP contribution in [-0.4, -0.2) is 23.3 Å². The Hall–Kier alpha value is -2.49. The molecule has 0 aromatic heterocycles. The van der Waals surface area contributed by atoms with Crippen LogP contribution < -0.4 is 4.74 Å². The molecule has 0 atom stereocenters. The Kier molecular flexibility index (Phi) is 3.19. The third-order valence-electron chi connectivity index (χ3n) is 2.63. The number of hydrogen-bond donors (Lipinski definition) is 2. The first-order chi connectivity index (χ1) is 8.61. The summed E-state index contributed by atoms with van der Waals surface area (Å²) in [7, 11) is 1.43. The summed E-state index contributed by atoms with van der Waals surface area (Å²) < 4.78 is 5.00. The molecule has 18 heavy (non-hydrogen) atoms. The molecule has 0 aliphatic heterocycles. The fourth-order valence-corrected chi connectivity index (χ4v) is 1.71. The fourth-order valence-electron chi connectivity index (χ4n) is 1.71. The van der Waals surface area contributed by atoms with Crippen LogP contribution in [0.15, 0.2) is 42.5 Å². The van der Waals surface area contributed by atoms with E-state index in [1.165, 1.54) is 7.11 Å². The van der Waals surface area contributed by atoms with Crippen molar-refractivity contribution in [1.82, 2.24) is 0 Å². The molecule has 92 valence electrons. The maximum atomic E-state index is 11.1. The molecule has 2 aromatic carbocycles. The standard InChI is InChI=1S/C14H12O4/c1-18-13-7-4-10(8-12(13)14(16)17)9-2-5-11(15)6-3-9/h2-8,15H,1H3,(H,16,17). The maximum absolute atomic E-state index is 11.1. The molecule has 4 heteroatoms. The highest BCUT2D eigenvalue weighted by Gasteiger charge is 2.12. The van der Waals surface area contributed by atoms with Crippen LogP contribution in [-0.2, 0) is 0 Å². The van der Waals surface area contributed by atoms with E-state index in [4.69, 9.17) is 9.84 Å². The molecule has 0 radical (unpaired) electrons. The molecule has 2 rings (SSSR count). The first-order valence-corrected chi connectivity index (χ1v) is 5.32. The van der Waals surface area contributed by atoms with Gasteiger partial charge in [0.05, 0.1) is 7.11 Å². The Morgan fingerprint density at radius 3 is 2.22 bits per heavy atom. The molecule has 0 fully saturated rings. The van der Waals surface area contributed by atoms with E-state index < -0.39 is 5.97 Å². The molecule has 0 amide bonds. The van der Waals surface area contributed by atoms with E-state index in [0.29, 0.717) is 5.75 Å². The van der Waals surface area contributed by atoms with Gasteiger partial charge < -0.3 is 14.9 Å². The van der Waals surface area contributed by atoms with E-state index in [2.05, 4.69) is 0 Å². The van der Waals surface area contributed by atoms with E-state index in [-0.39, 0.29) is 11.3 Å². The van der Waals surface area contributed by atoms with Gasteiger partial charge in [-0.15, -0.1) is 0 Å². The summed E-state index contributed by atoms with van der Waals surface area (Å²) in [6, 6.07) is 11.5. The molecule has 0 unspecified atom stereocenters. The monoisotopic (exact) mass is 244 g/mol. The van der Waals surface area contributed by atoms with E-state index in [1.807, 2.05) is 0 Å². The van der Waals surface area contributed by atoms with Gasteiger partial charge in [-0.05, 0) is 35.4 Å². The second kappa shape index (κ2) is 4.79. The van der Waals surface area contributed by atoms with Gasteiger partial charge in [0.1, 0.15) is 17.1 Å². The zero-order chi connectivity index (χ0) is 13.1. The van der Waals surface area contributed by atoms with Crippen LogP contribution >= 0.6 is 0 Å². The maximum Gasteiger partial charge on any atom is 0.339 e. The number of rotatable bonds is 3. The second-order valence-electron chi connectivity index (χ2n) is 3.77. The number of methoxy groups -OCH3 is 1. The molecule has 2 N–H and O–H groups in total. The molecular formula is C14H12O4. The van der Waals surface area contributed by atoms with Crippen LogP contribution in [0, 0.1) is 0 Å². The first kappa shape index (κ1) is 12.0. The second-order valence-corrected chi connectivity index (χ2v) is 3.77. The molecule has 0 heterocycles. The first-order valence-electron chi connectivity index (χ1n) is 5.32. The zero-order valence-electron chi connectivity index (χ0n) is 9.75. The summed E-state index contributed by atoms with van der Waals surface area (Å²) in [5, 5.41) is 18.3. The predicted molar refractivity (Wildman–Crippen MR) is 67.1 cm³/mol. The van der Waals surface area contributed by atoms with E-state index >= 15 is 0 Å². The van der Waals surface area contributed by atoms with Crippen molar-refractivity contribution in [1.29, 1.82) is 0 Å². The minimum atomic E-state index is -1.03. The number of benzene rings is 2. The van der Waals surface area contributed by atoms with Gasteiger partial charge in [0.15, 0.2) is 0 Å². The normalized spacial score (nSPS) is 10.1. The number of hydrogen-bond acceptors (Lipinski definition) is 3. The lowest BCUT2D eigenvalue weighted by molar-refractivity contribution is 0.0693. The van der Waals surface area contributed by atoms with Crippen LogP contribution in [0.5, 0.6) is 11.5 Å². The highest BCUT2D eigenvalue weighted by atomic mass is 16.5. The van der Waals surface area contributed by atoms with Gasteiger partial charge >= 0.3 is 5.97 Å². The number of carboxylic acid groups (broad SMARTS) is 1. The van der Waals surface area contributed by atoms with Crippen LogP contribution in [0.1, 0.15) is 10.4 Å². The molecular weight excluding hydrogens is 232 g/mol. The molecule has 2 aromatic rings. The molecule has 0 aliphatic carbocycles. The van der Waals surface area contributed by atoms with Crippen molar-refractivity contribution < 1.29 is 19.7 Å². The van der Waals surface area contributed by atoms with Gasteiger partial charge in [-0.2, -0.15) is 0 Å². The summed E-state index contributed by atoms with van der Waals surface area (Å²) in [5.41, 5.74) is 1.70. The van der Waals surface area contributed by atoms with Gasteiger partial charge in [0.25, 0.3) is 0 Å². The van der Waals surface area contributed by atoms with Gasteiger partial charge in [0, 0.05) is 0 Å². The predicted octanol–water partition coefficient (Wildman–Crippen LogP) is 2.77. The van der Waals surface area contributed by atoms with E-state index in [0.717, 1.165) is 11.1 Å². The molecule has 0 bridgehead atoms. The number of phenolic OH excluding ortho intramolecular Hbond substituents is 1. The largest absolute Gasteiger partial charge is 0.508 e. The van der Waals surface area contributed by atoms with Crippen LogP contribution in [0.3, 0.4) is 0 Å². The van der Waals surface area contributed by atoms with E-state index in [9.17, 15) is 9.90 Å². The number of carboxylic acids is 1. The summed E-state index contributed by atoms with van der Waals surface area (Å²) >= 11 is 0.